The summed E-state index contributed by atoms with van der Waals surface area (Å²) in [6.45, 7) is 14.0. The summed E-state index contributed by atoms with van der Waals surface area (Å²) >= 11 is 0. The molecule has 0 saturated carbocycles. The Balaban J connectivity index is 1.91. The number of amides is 1. The maximum absolute atomic E-state index is 13.1. The van der Waals surface area contributed by atoms with Gasteiger partial charge < -0.3 is 14.5 Å². The molecule has 1 N–H and O–H groups in total. The highest BCUT2D eigenvalue weighted by Crippen LogP contribution is 2.39. The first-order chi connectivity index (χ1) is 13.5. The van der Waals surface area contributed by atoms with Crippen LogP contribution in [0.5, 0.6) is 0 Å². The molecule has 0 fully saturated rings. The molecule has 2 aromatic heterocycles. The fourth-order valence-electron chi connectivity index (χ4n) is 4.38. The summed E-state index contributed by atoms with van der Waals surface area (Å²) in [6.07, 6.45) is 3.42. The highest BCUT2D eigenvalue weighted by molar-refractivity contribution is 6.01. The maximum Gasteiger partial charge on any atom is 0.227 e. The summed E-state index contributed by atoms with van der Waals surface area (Å²) in [5.74, 6) is 1.42. The summed E-state index contributed by atoms with van der Waals surface area (Å²) in [6, 6.07) is 0. The molecule has 6 nitrogen and oxygen atoms in total. The van der Waals surface area contributed by atoms with E-state index in [1.54, 1.807) is 18.1 Å². The van der Waals surface area contributed by atoms with Crippen molar-refractivity contribution in [2.24, 2.45) is 11.3 Å². The molecule has 0 spiro atoms. The number of aromatic nitrogens is 3. The van der Waals surface area contributed by atoms with Crippen LogP contribution >= 0.6 is 0 Å². The Kier molecular flexibility index (Phi) is 5.74. The number of carbonyl (C=O) groups excluding carboxylic acids is 2. The van der Waals surface area contributed by atoms with Crippen LogP contribution in [-0.4, -0.2) is 38.2 Å². The van der Waals surface area contributed by atoms with Gasteiger partial charge in [0.15, 0.2) is 5.78 Å². The number of rotatable bonds is 6. The fourth-order valence-corrected chi connectivity index (χ4v) is 4.38. The Hall–Kier alpha value is -2.37. The number of nitrogens with zero attached hydrogens (tertiary/aromatic N) is 3. The minimum atomic E-state index is -0.0428. The lowest BCUT2D eigenvalue weighted by atomic mass is 9.75. The van der Waals surface area contributed by atoms with E-state index >= 15 is 0 Å². The quantitative estimate of drug-likeness (QED) is 0.804. The van der Waals surface area contributed by atoms with Crippen molar-refractivity contribution in [3.63, 3.8) is 0 Å². The molecule has 6 heteroatoms. The van der Waals surface area contributed by atoms with Crippen LogP contribution in [0.25, 0.3) is 0 Å². The van der Waals surface area contributed by atoms with Gasteiger partial charge in [-0.15, -0.1) is 0 Å². The zero-order chi connectivity index (χ0) is 21.5. The van der Waals surface area contributed by atoms with Crippen LogP contribution in [0.1, 0.15) is 72.9 Å². The van der Waals surface area contributed by atoms with Crippen LogP contribution in [0.4, 0.5) is 0 Å². The average Bonchev–Trinajstić information content (AvgIpc) is 3.10. The Labute approximate surface area is 173 Å². The maximum atomic E-state index is 13.1. The van der Waals surface area contributed by atoms with Crippen molar-refractivity contribution in [2.75, 3.05) is 7.05 Å². The number of hydrogen-bond acceptors (Lipinski definition) is 3. The van der Waals surface area contributed by atoms with Crippen LogP contribution in [0.2, 0.25) is 0 Å². The third-order valence-electron chi connectivity index (χ3n) is 5.77. The largest absolute Gasteiger partial charge is 0.348 e. The molecule has 2 aromatic rings. The van der Waals surface area contributed by atoms with Gasteiger partial charge in [0.2, 0.25) is 5.91 Å². The van der Waals surface area contributed by atoms with E-state index in [4.69, 9.17) is 0 Å². The molecule has 0 radical (unpaired) electrons. The second-order valence-electron chi connectivity index (χ2n) is 9.77. The summed E-state index contributed by atoms with van der Waals surface area (Å²) in [4.78, 5) is 35.2. The van der Waals surface area contributed by atoms with Crippen molar-refractivity contribution < 1.29 is 9.59 Å². The zero-order valence-corrected chi connectivity index (χ0v) is 18.8. The van der Waals surface area contributed by atoms with Crippen molar-refractivity contribution in [2.45, 2.75) is 73.9 Å². The van der Waals surface area contributed by atoms with Gasteiger partial charge in [-0.1, -0.05) is 27.7 Å². The molecule has 158 valence electrons. The fraction of sp³-hybridized carbons (Fsp3) is 0.609. The molecule has 0 saturated heterocycles. The van der Waals surface area contributed by atoms with Crippen molar-refractivity contribution >= 4 is 11.7 Å². The van der Waals surface area contributed by atoms with Crippen molar-refractivity contribution in [3.8, 4) is 0 Å². The van der Waals surface area contributed by atoms with E-state index in [-0.39, 0.29) is 23.5 Å². The van der Waals surface area contributed by atoms with E-state index in [2.05, 4.69) is 49.2 Å². The van der Waals surface area contributed by atoms with Crippen molar-refractivity contribution in [1.82, 2.24) is 19.4 Å². The number of fused-ring (bicyclic) bond motifs is 1. The van der Waals surface area contributed by atoms with Crippen LogP contribution in [0.15, 0.2) is 6.20 Å². The third-order valence-corrected chi connectivity index (χ3v) is 5.77. The van der Waals surface area contributed by atoms with Gasteiger partial charge >= 0.3 is 0 Å². The Bertz CT molecular complexity index is 933. The highest BCUT2D eigenvalue weighted by Gasteiger charge is 2.37. The van der Waals surface area contributed by atoms with Gasteiger partial charge in [0.25, 0.3) is 0 Å². The number of nitrogens with one attached hydrogen (secondary N) is 1. The van der Waals surface area contributed by atoms with Gasteiger partial charge in [-0.3, -0.25) is 9.59 Å². The van der Waals surface area contributed by atoms with Crippen LogP contribution < -0.4 is 0 Å². The molecule has 1 aliphatic carbocycles. The van der Waals surface area contributed by atoms with Crippen LogP contribution in [0.3, 0.4) is 0 Å². The van der Waals surface area contributed by atoms with Gasteiger partial charge in [0, 0.05) is 48.9 Å². The topological polar surface area (TPSA) is 71.0 Å². The standard InChI is InChI=1S/C23H34N4O2/c1-14(2)12-27-16(4)17(22-18(27)9-23(5,6)10-19(22)28)8-21(29)26(7)13-20-24-11-15(3)25-20/h11,14H,8-10,12-13H2,1-7H3,(H,24,25). The molecule has 2 heterocycles. The summed E-state index contributed by atoms with van der Waals surface area (Å²) < 4.78 is 2.29. The van der Waals surface area contributed by atoms with Gasteiger partial charge in [-0.05, 0) is 37.2 Å². The smallest absolute Gasteiger partial charge is 0.227 e. The number of H-pyrrole nitrogens is 1. The Morgan fingerprint density at radius 3 is 2.59 bits per heavy atom. The van der Waals surface area contributed by atoms with E-state index in [1.165, 1.54) is 0 Å². The minimum absolute atomic E-state index is 0.00397. The first kappa shape index (κ1) is 21.3. The molecule has 0 aliphatic heterocycles. The summed E-state index contributed by atoms with van der Waals surface area (Å²) in [7, 11) is 1.79. The second kappa shape index (κ2) is 7.81. The van der Waals surface area contributed by atoms with Crippen molar-refractivity contribution in [3.05, 3.63) is 40.2 Å². The molecule has 0 atom stereocenters. The average molecular weight is 399 g/mol. The van der Waals surface area contributed by atoms with Crippen LogP contribution in [0, 0.1) is 25.2 Å². The number of aromatic amines is 1. The number of aryl methyl sites for hydroxylation is 1. The lowest BCUT2D eigenvalue weighted by molar-refractivity contribution is -0.129. The number of hydrogen-bond donors (Lipinski definition) is 1. The number of carbonyl (C=O) groups is 2. The monoisotopic (exact) mass is 398 g/mol. The molecule has 0 aromatic carbocycles. The first-order valence-corrected chi connectivity index (χ1v) is 10.5. The Morgan fingerprint density at radius 2 is 2.00 bits per heavy atom. The first-order valence-electron chi connectivity index (χ1n) is 10.5. The molecule has 1 amide bonds. The minimum Gasteiger partial charge on any atom is -0.348 e. The molecule has 0 unspecified atom stereocenters. The van der Waals surface area contributed by atoms with E-state index in [9.17, 15) is 9.59 Å². The Morgan fingerprint density at radius 1 is 1.31 bits per heavy atom. The normalized spacial score (nSPS) is 15.7. The van der Waals surface area contributed by atoms with Crippen LogP contribution in [-0.2, 0) is 30.7 Å². The van der Waals surface area contributed by atoms with E-state index in [0.29, 0.717) is 18.9 Å². The van der Waals surface area contributed by atoms with E-state index in [0.717, 1.165) is 47.0 Å². The van der Waals surface area contributed by atoms with Gasteiger partial charge in [0.05, 0.1) is 13.0 Å². The van der Waals surface area contributed by atoms with E-state index < -0.39 is 0 Å². The van der Waals surface area contributed by atoms with Gasteiger partial charge in [-0.25, -0.2) is 4.98 Å². The van der Waals surface area contributed by atoms with E-state index in [1.807, 2.05) is 6.92 Å². The lowest BCUT2D eigenvalue weighted by Gasteiger charge is -2.30. The molecule has 3 rings (SSSR count). The highest BCUT2D eigenvalue weighted by atomic mass is 16.2. The molecule has 0 bridgehead atoms. The lowest BCUT2D eigenvalue weighted by Crippen LogP contribution is -2.30. The number of ketones is 1. The molecule has 1 aliphatic rings. The summed E-state index contributed by atoms with van der Waals surface area (Å²) in [5, 5.41) is 0. The SMILES string of the molecule is Cc1cnc(CN(C)C(=O)Cc2c3c(n(CC(C)C)c2C)CC(C)(C)CC3=O)[nH]1. The second-order valence-corrected chi connectivity index (χ2v) is 9.77. The van der Waals surface area contributed by atoms with Crippen molar-refractivity contribution in [1.29, 1.82) is 0 Å². The van der Waals surface area contributed by atoms with Gasteiger partial charge in [0.1, 0.15) is 5.82 Å². The predicted molar refractivity (Wildman–Crippen MR) is 114 cm³/mol. The molecule has 29 heavy (non-hydrogen) atoms. The van der Waals surface area contributed by atoms with Gasteiger partial charge in [-0.2, -0.15) is 0 Å². The molecular formula is C23H34N4O2. The zero-order valence-electron chi connectivity index (χ0n) is 18.8. The number of imidazole rings is 1. The molecular weight excluding hydrogens is 364 g/mol. The number of likely N-dealkylation sites (N-methyl/N-ethyl adjacent to an activating group) is 1. The number of Topliss-reactive ketones (excluding diaryl/α,β-unsaturated/α-hetero) is 1. The third kappa shape index (κ3) is 4.46. The predicted octanol–water partition coefficient (Wildman–Crippen LogP) is 3.84. The summed E-state index contributed by atoms with van der Waals surface area (Å²) in [5.41, 5.74) is 4.82.